The maximum absolute atomic E-state index is 10.4. The van der Waals surface area contributed by atoms with Gasteiger partial charge in [-0.25, -0.2) is 0 Å². The van der Waals surface area contributed by atoms with Crippen LogP contribution in [-0.4, -0.2) is 17.6 Å². The fraction of sp³-hybridized carbons (Fsp3) is 0.545. The lowest BCUT2D eigenvalue weighted by atomic mass is 10.1. The zero-order valence-corrected chi connectivity index (χ0v) is 10.1. The van der Waals surface area contributed by atoms with E-state index in [0.29, 0.717) is 6.54 Å². The molecule has 0 radical (unpaired) electrons. The van der Waals surface area contributed by atoms with Gasteiger partial charge in [-0.2, -0.15) is 0 Å². The highest BCUT2D eigenvalue weighted by atomic mass is 32.1. The molecule has 0 fully saturated rings. The van der Waals surface area contributed by atoms with Crippen LogP contribution in [-0.2, 0) is 4.79 Å². The van der Waals surface area contributed by atoms with Gasteiger partial charge in [-0.15, -0.1) is 11.3 Å². The highest BCUT2D eigenvalue weighted by Crippen LogP contribution is 2.25. The SMILES string of the molecule is Cc1cc(C(C)NCCC(=O)O)c(C)s1. The first kappa shape index (κ1) is 12.2. The lowest BCUT2D eigenvalue weighted by molar-refractivity contribution is -0.136. The van der Waals surface area contributed by atoms with Crippen LogP contribution in [0.3, 0.4) is 0 Å². The first-order valence-electron chi connectivity index (χ1n) is 5.03. The van der Waals surface area contributed by atoms with Gasteiger partial charge in [0.15, 0.2) is 0 Å². The third kappa shape index (κ3) is 3.64. The molecule has 0 amide bonds. The first-order chi connectivity index (χ1) is 7.00. The van der Waals surface area contributed by atoms with Crippen LogP contribution in [0.5, 0.6) is 0 Å². The van der Waals surface area contributed by atoms with E-state index in [4.69, 9.17) is 5.11 Å². The molecule has 0 saturated carbocycles. The van der Waals surface area contributed by atoms with E-state index in [-0.39, 0.29) is 12.5 Å². The molecule has 0 saturated heterocycles. The molecule has 2 N–H and O–H groups in total. The number of hydrogen-bond acceptors (Lipinski definition) is 3. The van der Waals surface area contributed by atoms with E-state index in [0.717, 1.165) is 0 Å². The van der Waals surface area contributed by atoms with Crippen LogP contribution in [0.1, 0.15) is 34.7 Å². The summed E-state index contributed by atoms with van der Waals surface area (Å²) in [5.74, 6) is -0.757. The van der Waals surface area contributed by atoms with E-state index in [1.165, 1.54) is 15.3 Å². The predicted octanol–water partition coefficient (Wildman–Crippen LogP) is 2.49. The van der Waals surface area contributed by atoms with Crippen molar-refractivity contribution in [3.63, 3.8) is 0 Å². The molecule has 15 heavy (non-hydrogen) atoms. The number of thiophene rings is 1. The van der Waals surface area contributed by atoms with Crippen LogP contribution in [0, 0.1) is 13.8 Å². The summed E-state index contributed by atoms with van der Waals surface area (Å²) in [5, 5.41) is 11.7. The average molecular weight is 227 g/mol. The number of hydrogen-bond donors (Lipinski definition) is 2. The van der Waals surface area contributed by atoms with Crippen molar-refractivity contribution in [2.75, 3.05) is 6.54 Å². The van der Waals surface area contributed by atoms with E-state index in [1.807, 2.05) is 0 Å². The third-order valence-corrected chi connectivity index (χ3v) is 3.32. The molecule has 84 valence electrons. The summed E-state index contributed by atoms with van der Waals surface area (Å²) < 4.78 is 0. The molecule has 0 bridgehead atoms. The summed E-state index contributed by atoms with van der Waals surface area (Å²) >= 11 is 1.78. The maximum atomic E-state index is 10.4. The van der Waals surface area contributed by atoms with Gasteiger partial charge >= 0.3 is 5.97 Å². The Bertz CT molecular complexity index is 346. The zero-order chi connectivity index (χ0) is 11.4. The Hall–Kier alpha value is -0.870. The molecule has 1 rings (SSSR count). The van der Waals surface area contributed by atoms with Gasteiger partial charge < -0.3 is 10.4 Å². The van der Waals surface area contributed by atoms with Crippen LogP contribution in [0.2, 0.25) is 0 Å². The Morgan fingerprint density at radius 2 is 2.27 bits per heavy atom. The van der Waals surface area contributed by atoms with Crippen molar-refractivity contribution in [3.05, 3.63) is 21.4 Å². The molecule has 0 aliphatic carbocycles. The number of aliphatic carboxylic acids is 1. The van der Waals surface area contributed by atoms with Gasteiger partial charge in [0.05, 0.1) is 6.42 Å². The van der Waals surface area contributed by atoms with Gasteiger partial charge in [-0.3, -0.25) is 4.79 Å². The topological polar surface area (TPSA) is 49.3 Å². The van der Waals surface area contributed by atoms with Crippen molar-refractivity contribution in [2.45, 2.75) is 33.2 Å². The molecule has 4 heteroatoms. The number of rotatable bonds is 5. The van der Waals surface area contributed by atoms with Gasteiger partial charge in [-0.05, 0) is 32.4 Å². The Balaban J connectivity index is 2.50. The second-order valence-electron chi connectivity index (χ2n) is 3.69. The monoisotopic (exact) mass is 227 g/mol. The zero-order valence-electron chi connectivity index (χ0n) is 9.33. The summed E-state index contributed by atoms with van der Waals surface area (Å²) in [6.07, 6.45) is 0.173. The van der Waals surface area contributed by atoms with E-state index >= 15 is 0 Å². The molecule has 1 aromatic heterocycles. The van der Waals surface area contributed by atoms with E-state index in [1.54, 1.807) is 11.3 Å². The fourth-order valence-corrected chi connectivity index (χ4v) is 2.61. The molecular weight excluding hydrogens is 210 g/mol. The van der Waals surface area contributed by atoms with Crippen molar-refractivity contribution in [1.29, 1.82) is 0 Å². The Morgan fingerprint density at radius 3 is 2.73 bits per heavy atom. The van der Waals surface area contributed by atoms with E-state index in [9.17, 15) is 4.79 Å². The van der Waals surface area contributed by atoms with Crippen LogP contribution in [0.15, 0.2) is 6.07 Å². The molecule has 3 nitrogen and oxygen atoms in total. The average Bonchev–Trinajstić information content (AvgIpc) is 2.44. The summed E-state index contributed by atoms with van der Waals surface area (Å²) in [5.41, 5.74) is 1.28. The van der Waals surface area contributed by atoms with E-state index in [2.05, 4.69) is 32.2 Å². The number of carboxylic acid groups (broad SMARTS) is 1. The minimum Gasteiger partial charge on any atom is -0.481 e. The van der Waals surface area contributed by atoms with Crippen LogP contribution in [0.4, 0.5) is 0 Å². The second kappa shape index (κ2) is 5.28. The first-order valence-corrected chi connectivity index (χ1v) is 5.84. The van der Waals surface area contributed by atoms with Gasteiger partial charge in [0, 0.05) is 22.3 Å². The molecule has 1 unspecified atom stereocenters. The highest BCUT2D eigenvalue weighted by molar-refractivity contribution is 7.12. The fourth-order valence-electron chi connectivity index (χ4n) is 1.59. The minimum absolute atomic E-state index is 0.173. The number of carboxylic acids is 1. The van der Waals surface area contributed by atoms with Crippen LogP contribution >= 0.6 is 11.3 Å². The van der Waals surface area contributed by atoms with Crippen LogP contribution < -0.4 is 5.32 Å². The number of nitrogens with one attached hydrogen (secondary N) is 1. The number of carbonyl (C=O) groups is 1. The number of aryl methyl sites for hydroxylation is 2. The summed E-state index contributed by atoms with van der Waals surface area (Å²) in [6, 6.07) is 2.40. The van der Waals surface area contributed by atoms with E-state index < -0.39 is 5.97 Å². The van der Waals surface area contributed by atoms with Crippen molar-refractivity contribution >= 4 is 17.3 Å². The highest BCUT2D eigenvalue weighted by Gasteiger charge is 2.10. The normalized spacial score (nSPS) is 12.7. The van der Waals surface area contributed by atoms with Crippen molar-refractivity contribution < 1.29 is 9.90 Å². The van der Waals surface area contributed by atoms with Crippen LogP contribution in [0.25, 0.3) is 0 Å². The molecule has 1 atom stereocenters. The quantitative estimate of drug-likeness (QED) is 0.812. The summed E-state index contributed by atoms with van der Waals surface area (Å²) in [6.45, 7) is 6.77. The third-order valence-electron chi connectivity index (χ3n) is 2.34. The summed E-state index contributed by atoms with van der Waals surface area (Å²) in [7, 11) is 0. The lowest BCUT2D eigenvalue weighted by Crippen LogP contribution is -2.21. The van der Waals surface area contributed by atoms with Gasteiger partial charge in [-0.1, -0.05) is 0 Å². The molecular formula is C11H17NO2S. The molecule has 0 aromatic carbocycles. The molecule has 1 aromatic rings. The largest absolute Gasteiger partial charge is 0.481 e. The Morgan fingerprint density at radius 1 is 1.60 bits per heavy atom. The summed E-state index contributed by atoms with van der Waals surface area (Å²) in [4.78, 5) is 13.0. The second-order valence-corrected chi connectivity index (χ2v) is 5.15. The van der Waals surface area contributed by atoms with Crippen molar-refractivity contribution in [1.82, 2.24) is 5.32 Å². The standard InChI is InChI=1S/C11H17NO2S/c1-7-6-10(9(3)15-7)8(2)12-5-4-11(13)14/h6,8,12H,4-5H2,1-3H3,(H,13,14). The molecule has 0 aliphatic rings. The van der Waals surface area contributed by atoms with Crippen molar-refractivity contribution in [2.24, 2.45) is 0 Å². The lowest BCUT2D eigenvalue weighted by Gasteiger charge is -2.12. The predicted molar refractivity (Wildman–Crippen MR) is 62.5 cm³/mol. The van der Waals surface area contributed by atoms with Gasteiger partial charge in [0.1, 0.15) is 0 Å². The smallest absolute Gasteiger partial charge is 0.304 e. The van der Waals surface area contributed by atoms with Crippen molar-refractivity contribution in [3.8, 4) is 0 Å². The van der Waals surface area contributed by atoms with Gasteiger partial charge in [0.2, 0.25) is 0 Å². The Labute approximate surface area is 94.1 Å². The Kier molecular flexibility index (Phi) is 4.29. The molecule has 0 spiro atoms. The minimum atomic E-state index is -0.757. The van der Waals surface area contributed by atoms with Gasteiger partial charge in [0.25, 0.3) is 0 Å². The maximum Gasteiger partial charge on any atom is 0.304 e. The molecule has 0 aliphatic heterocycles. The molecule has 1 heterocycles.